The Morgan fingerprint density at radius 3 is 2.73 bits per heavy atom. The molecule has 2 heterocycles. The molecule has 1 aromatic carbocycles. The molecule has 0 fully saturated rings. The number of benzene rings is 1. The zero-order chi connectivity index (χ0) is 15.5. The number of aryl methyl sites for hydroxylation is 2. The van der Waals surface area contributed by atoms with Crippen molar-refractivity contribution in [3.63, 3.8) is 0 Å². The van der Waals surface area contributed by atoms with Crippen LogP contribution < -0.4 is 0 Å². The van der Waals surface area contributed by atoms with Gasteiger partial charge in [-0.15, -0.1) is 21.5 Å². The van der Waals surface area contributed by atoms with Crippen LogP contribution in [0.1, 0.15) is 21.1 Å². The second kappa shape index (κ2) is 6.46. The molecule has 0 bridgehead atoms. The number of hydrogen-bond donors (Lipinski definition) is 0. The van der Waals surface area contributed by atoms with Crippen molar-refractivity contribution in [1.29, 1.82) is 0 Å². The van der Waals surface area contributed by atoms with Gasteiger partial charge in [-0.25, -0.2) is 0 Å². The number of nitrogens with zero attached hydrogens (tertiary/aromatic N) is 3. The molecular formula is C16H15N3OS2. The molecule has 2 aromatic heterocycles. The van der Waals surface area contributed by atoms with Gasteiger partial charge in [-0.1, -0.05) is 36.0 Å². The van der Waals surface area contributed by atoms with Gasteiger partial charge in [0.15, 0.2) is 10.9 Å². The first-order valence-corrected chi connectivity index (χ1v) is 8.71. The molecule has 3 aromatic rings. The number of Topliss-reactive ketones (excluding diaryl/α,β-unsaturated/α-hetero) is 1. The Morgan fingerprint density at radius 1 is 1.18 bits per heavy atom. The first-order valence-electron chi connectivity index (χ1n) is 6.84. The second-order valence-corrected chi connectivity index (χ2v) is 6.73. The summed E-state index contributed by atoms with van der Waals surface area (Å²) in [6.45, 7) is 3.98. The van der Waals surface area contributed by atoms with E-state index in [1.807, 2.05) is 47.2 Å². The fourth-order valence-electron chi connectivity index (χ4n) is 2.17. The molecule has 0 aliphatic carbocycles. The van der Waals surface area contributed by atoms with E-state index in [4.69, 9.17) is 0 Å². The first kappa shape index (κ1) is 15.0. The van der Waals surface area contributed by atoms with E-state index in [-0.39, 0.29) is 5.78 Å². The monoisotopic (exact) mass is 329 g/mol. The Balaban J connectivity index is 1.84. The van der Waals surface area contributed by atoms with Crippen LogP contribution in [-0.2, 0) is 0 Å². The van der Waals surface area contributed by atoms with E-state index < -0.39 is 0 Å². The molecule has 0 radical (unpaired) electrons. The molecule has 6 heteroatoms. The highest BCUT2D eigenvalue weighted by Crippen LogP contribution is 2.25. The Labute approximate surface area is 137 Å². The third kappa shape index (κ3) is 2.98. The summed E-state index contributed by atoms with van der Waals surface area (Å²) in [6, 6.07) is 11.8. The summed E-state index contributed by atoms with van der Waals surface area (Å²) in [5, 5.41) is 11.0. The van der Waals surface area contributed by atoms with Crippen LogP contribution in [-0.4, -0.2) is 26.3 Å². The zero-order valence-electron chi connectivity index (χ0n) is 12.3. The number of thioether (sulfide) groups is 1. The molecule has 0 aliphatic heterocycles. The number of aromatic nitrogens is 3. The molecule has 0 saturated heterocycles. The summed E-state index contributed by atoms with van der Waals surface area (Å²) in [5.41, 5.74) is 2.20. The summed E-state index contributed by atoms with van der Waals surface area (Å²) < 4.78 is 2.00. The van der Waals surface area contributed by atoms with Crippen LogP contribution in [0.2, 0.25) is 0 Å². The van der Waals surface area contributed by atoms with E-state index in [1.54, 1.807) is 0 Å². The Hall–Kier alpha value is -1.92. The average molecular weight is 329 g/mol. The van der Waals surface area contributed by atoms with Crippen molar-refractivity contribution in [2.75, 3.05) is 5.75 Å². The number of carbonyl (C=O) groups excluding carboxylic acids is 1. The SMILES string of the molecule is Cc1ccccc1-n1c(C)nnc1SCC(=O)c1cccs1. The quantitative estimate of drug-likeness (QED) is 0.526. The lowest BCUT2D eigenvalue weighted by Gasteiger charge is -2.10. The smallest absolute Gasteiger partial charge is 0.196 e. The van der Waals surface area contributed by atoms with E-state index in [9.17, 15) is 4.79 Å². The van der Waals surface area contributed by atoms with Gasteiger partial charge in [0.1, 0.15) is 5.82 Å². The maximum absolute atomic E-state index is 12.1. The zero-order valence-corrected chi connectivity index (χ0v) is 13.9. The summed E-state index contributed by atoms with van der Waals surface area (Å²) in [7, 11) is 0. The number of hydrogen-bond acceptors (Lipinski definition) is 5. The van der Waals surface area contributed by atoms with Gasteiger partial charge in [-0.3, -0.25) is 9.36 Å². The topological polar surface area (TPSA) is 47.8 Å². The summed E-state index contributed by atoms with van der Waals surface area (Å²) >= 11 is 2.89. The maximum atomic E-state index is 12.1. The Kier molecular flexibility index (Phi) is 4.40. The fourth-order valence-corrected chi connectivity index (χ4v) is 3.80. The number of ketones is 1. The summed E-state index contributed by atoms with van der Waals surface area (Å²) in [4.78, 5) is 12.9. The van der Waals surface area contributed by atoms with Crippen molar-refractivity contribution in [3.05, 3.63) is 58.0 Å². The van der Waals surface area contributed by atoms with E-state index >= 15 is 0 Å². The minimum absolute atomic E-state index is 0.122. The molecule has 4 nitrogen and oxygen atoms in total. The predicted octanol–water partition coefficient (Wildman–Crippen LogP) is 3.92. The van der Waals surface area contributed by atoms with E-state index in [0.717, 1.165) is 27.1 Å². The molecule has 0 spiro atoms. The summed E-state index contributed by atoms with van der Waals surface area (Å²) in [6.07, 6.45) is 0. The van der Waals surface area contributed by atoms with Gasteiger partial charge in [0, 0.05) is 0 Å². The molecule has 0 amide bonds. The van der Waals surface area contributed by atoms with E-state index in [0.29, 0.717) is 5.75 Å². The molecule has 3 rings (SSSR count). The van der Waals surface area contributed by atoms with Crippen molar-refractivity contribution in [3.8, 4) is 5.69 Å². The van der Waals surface area contributed by atoms with Gasteiger partial charge in [-0.2, -0.15) is 0 Å². The third-order valence-corrected chi connectivity index (χ3v) is 5.12. The largest absolute Gasteiger partial charge is 0.292 e. The first-order chi connectivity index (χ1) is 10.7. The summed E-state index contributed by atoms with van der Waals surface area (Å²) in [5.74, 6) is 1.31. The minimum atomic E-state index is 0.122. The van der Waals surface area contributed by atoms with Crippen LogP contribution in [0.15, 0.2) is 46.9 Å². The number of rotatable bonds is 5. The van der Waals surface area contributed by atoms with Crippen LogP contribution in [0.3, 0.4) is 0 Å². The molecule has 0 saturated carbocycles. The molecule has 0 unspecified atom stereocenters. The van der Waals surface area contributed by atoms with Gasteiger partial charge in [-0.05, 0) is 36.9 Å². The van der Waals surface area contributed by atoms with Gasteiger partial charge >= 0.3 is 0 Å². The lowest BCUT2D eigenvalue weighted by Crippen LogP contribution is -2.04. The lowest BCUT2D eigenvalue weighted by molar-refractivity contribution is 0.102. The van der Waals surface area contributed by atoms with Gasteiger partial charge in [0.2, 0.25) is 0 Å². The van der Waals surface area contributed by atoms with Crippen LogP contribution in [0.25, 0.3) is 5.69 Å². The van der Waals surface area contributed by atoms with Crippen LogP contribution in [0, 0.1) is 13.8 Å². The molecule has 0 N–H and O–H groups in total. The predicted molar refractivity (Wildman–Crippen MR) is 90.2 cm³/mol. The van der Waals surface area contributed by atoms with Crippen molar-refractivity contribution in [2.24, 2.45) is 0 Å². The molecular weight excluding hydrogens is 314 g/mol. The normalized spacial score (nSPS) is 10.8. The van der Waals surface area contributed by atoms with E-state index in [2.05, 4.69) is 23.2 Å². The highest BCUT2D eigenvalue weighted by Gasteiger charge is 2.15. The lowest BCUT2D eigenvalue weighted by atomic mass is 10.2. The standard InChI is InChI=1S/C16H15N3OS2/c1-11-6-3-4-7-13(11)19-12(2)17-18-16(19)22-10-14(20)15-8-5-9-21-15/h3-9H,10H2,1-2H3. The highest BCUT2D eigenvalue weighted by molar-refractivity contribution is 7.99. The Bertz CT molecular complexity index is 794. The minimum Gasteiger partial charge on any atom is -0.292 e. The second-order valence-electron chi connectivity index (χ2n) is 4.84. The number of carbonyl (C=O) groups is 1. The van der Waals surface area contributed by atoms with Crippen LogP contribution in [0.5, 0.6) is 0 Å². The Morgan fingerprint density at radius 2 is 2.00 bits per heavy atom. The van der Waals surface area contributed by atoms with Gasteiger partial charge in [0.05, 0.1) is 16.3 Å². The number of thiophene rings is 1. The van der Waals surface area contributed by atoms with Gasteiger partial charge < -0.3 is 0 Å². The van der Waals surface area contributed by atoms with Crippen LogP contribution >= 0.6 is 23.1 Å². The number of para-hydroxylation sites is 1. The maximum Gasteiger partial charge on any atom is 0.196 e. The van der Waals surface area contributed by atoms with E-state index in [1.165, 1.54) is 23.1 Å². The van der Waals surface area contributed by atoms with Crippen molar-refractivity contribution in [1.82, 2.24) is 14.8 Å². The van der Waals surface area contributed by atoms with Crippen LogP contribution in [0.4, 0.5) is 0 Å². The van der Waals surface area contributed by atoms with Gasteiger partial charge in [0.25, 0.3) is 0 Å². The molecule has 0 atom stereocenters. The fraction of sp³-hybridized carbons (Fsp3) is 0.188. The average Bonchev–Trinajstić information content (AvgIpc) is 3.16. The molecule has 0 aliphatic rings. The van der Waals surface area contributed by atoms with Crippen molar-refractivity contribution in [2.45, 2.75) is 19.0 Å². The molecule has 22 heavy (non-hydrogen) atoms. The highest BCUT2D eigenvalue weighted by atomic mass is 32.2. The van der Waals surface area contributed by atoms with Crippen molar-refractivity contribution < 1.29 is 4.79 Å². The molecule has 112 valence electrons. The third-order valence-electron chi connectivity index (χ3n) is 3.28. The van der Waals surface area contributed by atoms with Crippen molar-refractivity contribution >= 4 is 28.9 Å².